The number of sulfonamides is 1. The van der Waals surface area contributed by atoms with Gasteiger partial charge in [-0.25, -0.2) is 8.42 Å². The van der Waals surface area contributed by atoms with Gasteiger partial charge in [0.1, 0.15) is 17.7 Å². The van der Waals surface area contributed by atoms with Gasteiger partial charge in [0.25, 0.3) is 0 Å². The van der Waals surface area contributed by atoms with Crippen LogP contribution in [0.2, 0.25) is 0 Å². The minimum atomic E-state index is -3.71. The van der Waals surface area contributed by atoms with E-state index in [1.165, 1.54) is 10.7 Å². The van der Waals surface area contributed by atoms with Crippen LogP contribution in [0.5, 0.6) is 0 Å². The molecule has 1 aromatic heterocycles. The van der Waals surface area contributed by atoms with Gasteiger partial charge >= 0.3 is 0 Å². The molecule has 1 amide bonds. The molecule has 3 aliphatic heterocycles. The first-order valence-electron chi connectivity index (χ1n) is 12.3. The Hall–Kier alpha value is -2.26. The lowest BCUT2D eigenvalue weighted by Gasteiger charge is -2.39. The van der Waals surface area contributed by atoms with Crippen molar-refractivity contribution in [1.29, 1.82) is 0 Å². The van der Waals surface area contributed by atoms with Gasteiger partial charge in [0.15, 0.2) is 0 Å². The van der Waals surface area contributed by atoms with E-state index in [0.717, 1.165) is 63.1 Å². The summed E-state index contributed by atoms with van der Waals surface area (Å²) in [5, 5.41) is 8.98. The molecule has 178 valence electrons. The van der Waals surface area contributed by atoms with Gasteiger partial charge in [-0.2, -0.15) is 4.31 Å². The highest BCUT2D eigenvalue weighted by Gasteiger charge is 2.41. The minimum absolute atomic E-state index is 0.0606. The Morgan fingerprint density at radius 3 is 2.55 bits per heavy atom. The number of hydrogen-bond donors (Lipinski definition) is 0. The van der Waals surface area contributed by atoms with Crippen LogP contribution in [-0.2, 0) is 27.8 Å². The van der Waals surface area contributed by atoms with E-state index in [-0.39, 0.29) is 16.7 Å². The Labute approximate surface area is 196 Å². The molecule has 8 nitrogen and oxygen atoms in total. The molecule has 33 heavy (non-hydrogen) atoms. The van der Waals surface area contributed by atoms with Crippen LogP contribution in [0.3, 0.4) is 0 Å². The number of carbonyl (C=O) groups is 1. The number of aromatic nitrogens is 3. The molecule has 5 rings (SSSR count). The topological polar surface area (TPSA) is 88.4 Å². The molecule has 0 spiro atoms. The smallest absolute Gasteiger partial charge is 0.243 e. The first-order valence-corrected chi connectivity index (χ1v) is 13.8. The molecule has 0 N–H and O–H groups in total. The Morgan fingerprint density at radius 2 is 1.70 bits per heavy atom. The number of benzene rings is 1. The van der Waals surface area contributed by atoms with Gasteiger partial charge in [-0.3, -0.25) is 4.79 Å². The van der Waals surface area contributed by atoms with Gasteiger partial charge in [0, 0.05) is 38.5 Å². The molecule has 1 aromatic carbocycles. The predicted molar refractivity (Wildman–Crippen MR) is 124 cm³/mol. The molecule has 0 radical (unpaired) electrons. The predicted octanol–water partition coefficient (Wildman–Crippen LogP) is 2.95. The zero-order valence-corrected chi connectivity index (χ0v) is 19.9. The largest absolute Gasteiger partial charge is 0.341 e. The summed E-state index contributed by atoms with van der Waals surface area (Å²) in [6.45, 7) is 2.61. The van der Waals surface area contributed by atoms with Crippen molar-refractivity contribution < 1.29 is 13.2 Å². The van der Waals surface area contributed by atoms with E-state index >= 15 is 0 Å². The maximum absolute atomic E-state index is 13.7. The summed E-state index contributed by atoms with van der Waals surface area (Å²) in [6.07, 6.45) is 8.59. The van der Waals surface area contributed by atoms with Crippen molar-refractivity contribution in [2.24, 2.45) is 0 Å². The lowest BCUT2D eigenvalue weighted by Crippen LogP contribution is -2.54. The standard InChI is InChI=1S/C24H33N5O3S/c30-24(21-13-6-8-17-29(21)33(31,32)20-11-3-1-4-12-20)27-15-9-10-19(18-27)23-26-25-22-14-5-2-7-16-28(22)23/h1,3-4,11-12,19,21H,2,5-10,13-18H2. The maximum Gasteiger partial charge on any atom is 0.243 e. The fraction of sp³-hybridized carbons (Fsp3) is 0.625. The highest BCUT2D eigenvalue weighted by atomic mass is 32.2. The molecular weight excluding hydrogens is 438 g/mol. The van der Waals surface area contributed by atoms with Gasteiger partial charge in [0.2, 0.25) is 15.9 Å². The summed E-state index contributed by atoms with van der Waals surface area (Å²) in [5.41, 5.74) is 0. The van der Waals surface area contributed by atoms with Crippen LogP contribution in [0.15, 0.2) is 35.2 Å². The Kier molecular flexibility index (Phi) is 6.51. The van der Waals surface area contributed by atoms with Gasteiger partial charge in [-0.05, 0) is 50.7 Å². The van der Waals surface area contributed by atoms with Crippen molar-refractivity contribution in [3.8, 4) is 0 Å². The quantitative estimate of drug-likeness (QED) is 0.684. The number of likely N-dealkylation sites (tertiary alicyclic amines) is 1. The minimum Gasteiger partial charge on any atom is -0.341 e. The molecule has 2 saturated heterocycles. The summed E-state index contributed by atoms with van der Waals surface area (Å²) in [7, 11) is -3.71. The van der Waals surface area contributed by atoms with E-state index in [4.69, 9.17) is 0 Å². The summed E-state index contributed by atoms with van der Waals surface area (Å²) < 4.78 is 30.4. The highest BCUT2D eigenvalue weighted by molar-refractivity contribution is 7.89. The zero-order valence-electron chi connectivity index (χ0n) is 19.1. The van der Waals surface area contributed by atoms with Crippen LogP contribution < -0.4 is 0 Å². The van der Waals surface area contributed by atoms with Gasteiger partial charge in [0.05, 0.1) is 4.90 Å². The monoisotopic (exact) mass is 471 g/mol. The number of piperidine rings is 2. The third-order valence-corrected chi connectivity index (χ3v) is 9.25. The second kappa shape index (κ2) is 9.54. The molecule has 9 heteroatoms. The second-order valence-corrected chi connectivity index (χ2v) is 11.4. The number of carbonyl (C=O) groups excluding carboxylic acids is 1. The van der Waals surface area contributed by atoms with Crippen LogP contribution in [-0.4, -0.2) is 64.0 Å². The van der Waals surface area contributed by atoms with Crippen molar-refractivity contribution in [3.05, 3.63) is 42.0 Å². The molecule has 3 aliphatic rings. The van der Waals surface area contributed by atoms with Crippen molar-refractivity contribution >= 4 is 15.9 Å². The zero-order chi connectivity index (χ0) is 22.8. The molecule has 2 aromatic rings. The SMILES string of the molecule is O=C(C1CCCCN1S(=O)(=O)c1ccccc1)N1CCCC(c2nnc3n2CCCCC3)C1. The van der Waals surface area contributed by atoms with Crippen LogP contribution in [0.1, 0.15) is 68.9 Å². The normalized spacial score (nSPS) is 24.8. The van der Waals surface area contributed by atoms with E-state index in [0.29, 0.717) is 26.1 Å². The molecule has 4 heterocycles. The van der Waals surface area contributed by atoms with E-state index in [1.54, 1.807) is 30.3 Å². The Morgan fingerprint density at radius 1 is 0.879 bits per heavy atom. The van der Waals surface area contributed by atoms with Crippen LogP contribution in [0.4, 0.5) is 0 Å². The molecular formula is C24H33N5O3S. The average molecular weight is 472 g/mol. The van der Waals surface area contributed by atoms with Crippen molar-refractivity contribution in [3.63, 3.8) is 0 Å². The fourth-order valence-corrected chi connectivity index (χ4v) is 7.25. The maximum atomic E-state index is 13.7. The summed E-state index contributed by atoms with van der Waals surface area (Å²) in [6, 6.07) is 7.85. The molecule has 2 atom stereocenters. The molecule has 0 bridgehead atoms. The van der Waals surface area contributed by atoms with Crippen molar-refractivity contribution in [1.82, 2.24) is 24.0 Å². The third kappa shape index (κ3) is 4.45. The van der Waals surface area contributed by atoms with E-state index in [1.807, 2.05) is 4.90 Å². The first-order chi connectivity index (χ1) is 16.1. The van der Waals surface area contributed by atoms with Crippen LogP contribution in [0.25, 0.3) is 0 Å². The molecule has 0 saturated carbocycles. The second-order valence-electron chi connectivity index (χ2n) is 9.50. The highest BCUT2D eigenvalue weighted by Crippen LogP contribution is 2.31. The number of fused-ring (bicyclic) bond motifs is 1. The fourth-order valence-electron chi connectivity index (χ4n) is 5.58. The van der Waals surface area contributed by atoms with Crippen LogP contribution in [0, 0.1) is 0 Å². The van der Waals surface area contributed by atoms with E-state index < -0.39 is 16.1 Å². The van der Waals surface area contributed by atoms with E-state index in [2.05, 4.69) is 14.8 Å². The number of amides is 1. The van der Waals surface area contributed by atoms with Gasteiger partial charge in [-0.1, -0.05) is 31.0 Å². The Balaban J connectivity index is 1.35. The number of hydrogen-bond acceptors (Lipinski definition) is 5. The van der Waals surface area contributed by atoms with Crippen molar-refractivity contribution in [2.45, 2.75) is 81.2 Å². The third-order valence-electron chi connectivity index (χ3n) is 7.32. The van der Waals surface area contributed by atoms with E-state index in [9.17, 15) is 13.2 Å². The summed E-state index contributed by atoms with van der Waals surface area (Å²) in [5.74, 6) is 2.17. The average Bonchev–Trinajstić information content (AvgIpc) is 3.12. The molecule has 2 unspecified atom stereocenters. The van der Waals surface area contributed by atoms with Crippen LogP contribution >= 0.6 is 0 Å². The number of aryl methyl sites for hydroxylation is 1. The summed E-state index contributed by atoms with van der Waals surface area (Å²) in [4.78, 5) is 15.8. The van der Waals surface area contributed by atoms with Gasteiger partial charge in [-0.15, -0.1) is 10.2 Å². The molecule has 0 aliphatic carbocycles. The van der Waals surface area contributed by atoms with Crippen molar-refractivity contribution in [2.75, 3.05) is 19.6 Å². The van der Waals surface area contributed by atoms with Gasteiger partial charge < -0.3 is 9.47 Å². The first kappa shape index (κ1) is 22.5. The lowest BCUT2D eigenvalue weighted by atomic mass is 9.95. The molecule has 2 fully saturated rings. The number of rotatable bonds is 4. The lowest BCUT2D eigenvalue weighted by molar-refractivity contribution is -0.137. The number of nitrogens with zero attached hydrogens (tertiary/aromatic N) is 5. The Bertz CT molecular complexity index is 1080. The summed E-state index contributed by atoms with van der Waals surface area (Å²) >= 11 is 0.